The Hall–Kier alpha value is -4.84. The third kappa shape index (κ3) is 11.9. The first-order valence-corrected chi connectivity index (χ1v) is 16.5. The zero-order chi connectivity index (χ0) is 37.0. The van der Waals surface area contributed by atoms with E-state index in [1.165, 1.54) is 6.92 Å². The summed E-state index contributed by atoms with van der Waals surface area (Å²) in [7, 11) is 0. The maximum atomic E-state index is 13.7. The summed E-state index contributed by atoms with van der Waals surface area (Å²) in [6.45, 7) is 4.92. The Bertz CT molecular complexity index is 1600. The van der Waals surface area contributed by atoms with Crippen molar-refractivity contribution in [3.05, 3.63) is 96.1 Å². The standard InChI is InChI=1S/C38H44F3N3O6/c1-23(2)29(22-32(45)28-16-14-27(15-17-28)26-12-8-5-9-13-26)37(50)44-31(21-25-10-6-4-7-11-25)33(46)20-24(3)36(49)43-30(18-19-34(42)47)35(48)38(39,40)41/h4-17,23-24,29-31,35,48H,18-22H2,1-3H3,(H2,42,47)(H,43,49)(H,44,50)/t24-,29+,30?,31-,35?/m1/s1. The van der Waals surface area contributed by atoms with Crippen LogP contribution in [0.4, 0.5) is 13.2 Å². The van der Waals surface area contributed by atoms with Crippen LogP contribution in [0.5, 0.6) is 0 Å². The molecule has 0 aliphatic rings. The highest BCUT2D eigenvalue weighted by atomic mass is 19.4. The lowest BCUT2D eigenvalue weighted by Crippen LogP contribution is -2.52. The molecule has 0 saturated carbocycles. The quantitative estimate of drug-likeness (QED) is 0.134. The molecule has 0 fully saturated rings. The van der Waals surface area contributed by atoms with Gasteiger partial charge >= 0.3 is 6.18 Å². The number of halogens is 3. The van der Waals surface area contributed by atoms with E-state index in [4.69, 9.17) is 5.73 Å². The fourth-order valence-electron chi connectivity index (χ4n) is 5.50. The molecule has 0 heterocycles. The largest absolute Gasteiger partial charge is 0.416 e. The van der Waals surface area contributed by atoms with Gasteiger partial charge in [-0.05, 0) is 35.4 Å². The van der Waals surface area contributed by atoms with Crippen molar-refractivity contribution in [1.29, 1.82) is 0 Å². The van der Waals surface area contributed by atoms with E-state index in [-0.39, 0.29) is 24.5 Å². The molecule has 3 amide bonds. The highest BCUT2D eigenvalue weighted by molar-refractivity contribution is 6.00. The van der Waals surface area contributed by atoms with Gasteiger partial charge in [0.25, 0.3) is 0 Å². The SMILES string of the molecule is CC(C)[C@H](CC(=O)c1ccc(-c2ccccc2)cc1)C(=O)N[C@H](Cc1ccccc1)C(=O)C[C@@H](C)C(=O)NC(CCC(N)=O)C(O)C(F)(F)F. The molecule has 0 aliphatic carbocycles. The molecule has 0 saturated heterocycles. The van der Waals surface area contributed by atoms with Crippen LogP contribution < -0.4 is 16.4 Å². The van der Waals surface area contributed by atoms with Gasteiger partial charge in [-0.1, -0.05) is 106 Å². The summed E-state index contributed by atoms with van der Waals surface area (Å²) in [6, 6.07) is 22.6. The van der Waals surface area contributed by atoms with E-state index in [9.17, 15) is 42.3 Å². The summed E-state index contributed by atoms with van der Waals surface area (Å²) >= 11 is 0. The number of aliphatic hydroxyl groups excluding tert-OH is 1. The van der Waals surface area contributed by atoms with Gasteiger partial charge in [0.1, 0.15) is 0 Å². The number of amides is 3. The van der Waals surface area contributed by atoms with E-state index in [1.54, 1.807) is 56.3 Å². The molecule has 5 atom stereocenters. The Morgan fingerprint density at radius 3 is 1.86 bits per heavy atom. The number of hydrogen-bond acceptors (Lipinski definition) is 6. The fourth-order valence-corrected chi connectivity index (χ4v) is 5.50. The summed E-state index contributed by atoms with van der Waals surface area (Å²) in [5.74, 6) is -5.43. The summed E-state index contributed by atoms with van der Waals surface area (Å²) < 4.78 is 39.8. The number of benzene rings is 3. The lowest BCUT2D eigenvalue weighted by atomic mass is 9.87. The molecule has 3 aromatic carbocycles. The van der Waals surface area contributed by atoms with Crippen molar-refractivity contribution < 1.29 is 42.3 Å². The summed E-state index contributed by atoms with van der Waals surface area (Å²) in [5.41, 5.74) is 8.12. The van der Waals surface area contributed by atoms with Gasteiger partial charge in [0.2, 0.25) is 17.7 Å². The molecule has 5 N–H and O–H groups in total. The summed E-state index contributed by atoms with van der Waals surface area (Å²) in [4.78, 5) is 64.8. The Morgan fingerprint density at radius 2 is 1.32 bits per heavy atom. The molecule has 3 aromatic rings. The maximum absolute atomic E-state index is 13.7. The number of aliphatic hydroxyl groups is 1. The zero-order valence-electron chi connectivity index (χ0n) is 28.3. The van der Waals surface area contributed by atoms with Crippen LogP contribution in [0, 0.1) is 17.8 Å². The number of ketones is 2. The van der Waals surface area contributed by atoms with E-state index in [1.807, 2.05) is 42.5 Å². The van der Waals surface area contributed by atoms with Crippen molar-refractivity contribution in [3.8, 4) is 11.1 Å². The lowest BCUT2D eigenvalue weighted by molar-refractivity contribution is -0.213. The van der Waals surface area contributed by atoms with Crippen LogP contribution in [-0.4, -0.2) is 58.8 Å². The number of alkyl halides is 3. The molecule has 0 spiro atoms. The van der Waals surface area contributed by atoms with Crippen molar-refractivity contribution in [1.82, 2.24) is 10.6 Å². The molecule has 12 heteroatoms. The molecule has 0 aromatic heterocycles. The number of Topliss-reactive ketones (excluding diaryl/α,β-unsaturated/α-hetero) is 2. The Kier molecular flexibility index (Phi) is 14.4. The number of nitrogens with two attached hydrogens (primary N) is 1. The minimum atomic E-state index is -5.08. The van der Waals surface area contributed by atoms with Gasteiger partial charge in [-0.25, -0.2) is 0 Å². The molecule has 0 aliphatic heterocycles. The van der Waals surface area contributed by atoms with Crippen molar-refractivity contribution in [2.45, 2.75) is 77.2 Å². The molecule has 2 unspecified atom stereocenters. The van der Waals surface area contributed by atoms with Gasteiger partial charge in [-0.2, -0.15) is 13.2 Å². The fraction of sp³-hybridized carbons (Fsp3) is 0.395. The summed E-state index contributed by atoms with van der Waals surface area (Å²) in [6.07, 6.45) is -9.64. The van der Waals surface area contributed by atoms with E-state index in [0.717, 1.165) is 11.1 Å². The first-order valence-electron chi connectivity index (χ1n) is 16.5. The second-order valence-corrected chi connectivity index (χ2v) is 12.9. The number of primary amides is 1. The van der Waals surface area contributed by atoms with Gasteiger partial charge in [-0.15, -0.1) is 0 Å². The third-order valence-electron chi connectivity index (χ3n) is 8.55. The lowest BCUT2D eigenvalue weighted by Gasteiger charge is -2.27. The van der Waals surface area contributed by atoms with E-state index < -0.39 is 79.0 Å². The average molecular weight is 696 g/mol. The van der Waals surface area contributed by atoms with Gasteiger partial charge in [0.15, 0.2) is 17.7 Å². The highest BCUT2D eigenvalue weighted by Gasteiger charge is 2.44. The van der Waals surface area contributed by atoms with Gasteiger partial charge < -0.3 is 21.5 Å². The molecule has 3 rings (SSSR count). The van der Waals surface area contributed by atoms with Crippen molar-refractivity contribution >= 4 is 29.3 Å². The monoisotopic (exact) mass is 695 g/mol. The predicted octanol–water partition coefficient (Wildman–Crippen LogP) is 5.19. The molecule has 50 heavy (non-hydrogen) atoms. The third-order valence-corrected chi connectivity index (χ3v) is 8.55. The Morgan fingerprint density at radius 1 is 0.760 bits per heavy atom. The first kappa shape index (κ1) is 39.6. The zero-order valence-corrected chi connectivity index (χ0v) is 28.3. The maximum Gasteiger partial charge on any atom is 0.416 e. The summed E-state index contributed by atoms with van der Waals surface area (Å²) in [5, 5.41) is 14.7. The van der Waals surface area contributed by atoms with Crippen LogP contribution in [0.3, 0.4) is 0 Å². The van der Waals surface area contributed by atoms with Crippen LogP contribution in [0.1, 0.15) is 62.4 Å². The van der Waals surface area contributed by atoms with Crippen molar-refractivity contribution in [3.63, 3.8) is 0 Å². The minimum absolute atomic E-state index is 0.0630. The van der Waals surface area contributed by atoms with Crippen LogP contribution in [0.2, 0.25) is 0 Å². The van der Waals surface area contributed by atoms with Crippen LogP contribution in [0.15, 0.2) is 84.9 Å². The number of rotatable bonds is 18. The van der Waals surface area contributed by atoms with E-state index in [2.05, 4.69) is 10.6 Å². The second kappa shape index (κ2) is 18.2. The van der Waals surface area contributed by atoms with E-state index in [0.29, 0.717) is 11.1 Å². The predicted molar refractivity (Wildman–Crippen MR) is 182 cm³/mol. The molecule has 0 radical (unpaired) electrons. The normalized spacial score (nSPS) is 14.6. The highest BCUT2D eigenvalue weighted by Crippen LogP contribution is 2.26. The molecular weight excluding hydrogens is 651 g/mol. The Labute approximate surface area is 289 Å². The Balaban J connectivity index is 1.74. The number of hydrogen-bond donors (Lipinski definition) is 4. The molecule has 0 bridgehead atoms. The number of carbonyl (C=O) groups is 5. The van der Waals surface area contributed by atoms with Crippen molar-refractivity contribution in [2.75, 3.05) is 0 Å². The van der Waals surface area contributed by atoms with Crippen LogP contribution in [-0.2, 0) is 25.6 Å². The molecule has 268 valence electrons. The first-order chi connectivity index (χ1) is 23.6. The molecule has 9 nitrogen and oxygen atoms in total. The van der Waals surface area contributed by atoms with Crippen LogP contribution >= 0.6 is 0 Å². The number of nitrogens with one attached hydrogen (secondary N) is 2. The van der Waals surface area contributed by atoms with Gasteiger partial charge in [-0.3, -0.25) is 24.0 Å². The van der Waals surface area contributed by atoms with Crippen molar-refractivity contribution in [2.24, 2.45) is 23.5 Å². The van der Waals surface area contributed by atoms with E-state index >= 15 is 0 Å². The molecular formula is C38H44F3N3O6. The smallest absolute Gasteiger partial charge is 0.382 e. The minimum Gasteiger partial charge on any atom is -0.382 e. The second-order valence-electron chi connectivity index (χ2n) is 12.9. The topological polar surface area (TPSA) is 156 Å². The van der Waals surface area contributed by atoms with Gasteiger partial charge in [0.05, 0.1) is 12.1 Å². The average Bonchev–Trinajstić information content (AvgIpc) is 3.08. The van der Waals surface area contributed by atoms with Crippen LogP contribution in [0.25, 0.3) is 11.1 Å². The number of carbonyl (C=O) groups excluding carboxylic acids is 5. The van der Waals surface area contributed by atoms with Gasteiger partial charge in [0, 0.05) is 36.7 Å².